The number of nitrogens with two attached hydrogens (primary N) is 1. The first kappa shape index (κ1) is 16.8. The third-order valence-corrected chi connectivity index (χ3v) is 3.26. The second kappa shape index (κ2) is 8.17. The standard InChI is InChI=1S/C18H22FN3O/c1-13(2)14-5-3-7-16(11-14)22-18(20)21-9-10-23-17-8-4-6-15(19)12-17/h3-8,11-13H,9-10H2,1-2H3,(H3,20,21,22). The van der Waals surface area contributed by atoms with Crippen LogP contribution in [0.25, 0.3) is 0 Å². The summed E-state index contributed by atoms with van der Waals surface area (Å²) in [7, 11) is 0. The van der Waals surface area contributed by atoms with Gasteiger partial charge < -0.3 is 15.8 Å². The molecule has 0 bridgehead atoms. The van der Waals surface area contributed by atoms with E-state index >= 15 is 0 Å². The fourth-order valence-corrected chi connectivity index (χ4v) is 2.05. The number of benzene rings is 2. The molecule has 0 heterocycles. The molecule has 0 aliphatic rings. The maximum absolute atomic E-state index is 13.0. The molecule has 0 aliphatic heterocycles. The molecule has 2 aromatic rings. The van der Waals surface area contributed by atoms with Gasteiger partial charge in [-0.1, -0.05) is 32.0 Å². The topological polar surface area (TPSA) is 59.6 Å². The summed E-state index contributed by atoms with van der Waals surface area (Å²) in [5.41, 5.74) is 8.00. The summed E-state index contributed by atoms with van der Waals surface area (Å²) in [6.07, 6.45) is 0. The fraction of sp³-hybridized carbons (Fsp3) is 0.278. The molecule has 122 valence electrons. The van der Waals surface area contributed by atoms with Crippen LogP contribution in [0.4, 0.5) is 10.1 Å². The molecule has 4 nitrogen and oxygen atoms in total. The van der Waals surface area contributed by atoms with Crippen LogP contribution in [-0.2, 0) is 0 Å². The molecule has 0 amide bonds. The van der Waals surface area contributed by atoms with Gasteiger partial charge in [0.15, 0.2) is 5.96 Å². The monoisotopic (exact) mass is 315 g/mol. The highest BCUT2D eigenvalue weighted by atomic mass is 19.1. The van der Waals surface area contributed by atoms with E-state index in [-0.39, 0.29) is 5.82 Å². The SMILES string of the molecule is CC(C)c1cccc(NC(N)=NCCOc2cccc(F)c2)c1. The smallest absolute Gasteiger partial charge is 0.193 e. The number of guanidine groups is 1. The van der Waals surface area contributed by atoms with E-state index in [1.165, 1.54) is 17.7 Å². The van der Waals surface area contributed by atoms with E-state index in [9.17, 15) is 4.39 Å². The molecule has 0 aliphatic carbocycles. The Morgan fingerprint density at radius 2 is 2.00 bits per heavy atom. The van der Waals surface area contributed by atoms with Gasteiger partial charge in [-0.2, -0.15) is 0 Å². The van der Waals surface area contributed by atoms with Crippen LogP contribution in [0.5, 0.6) is 5.75 Å². The van der Waals surface area contributed by atoms with E-state index in [1.807, 2.05) is 12.1 Å². The normalized spacial score (nSPS) is 11.6. The number of nitrogens with one attached hydrogen (secondary N) is 1. The van der Waals surface area contributed by atoms with Gasteiger partial charge in [-0.05, 0) is 35.7 Å². The maximum atomic E-state index is 13.0. The average molecular weight is 315 g/mol. The summed E-state index contributed by atoms with van der Waals surface area (Å²) in [4.78, 5) is 4.20. The minimum absolute atomic E-state index is 0.322. The van der Waals surface area contributed by atoms with Crippen LogP contribution in [0.1, 0.15) is 25.3 Å². The third kappa shape index (κ3) is 5.62. The van der Waals surface area contributed by atoms with Gasteiger partial charge in [0.25, 0.3) is 0 Å². The molecule has 2 aromatic carbocycles. The lowest BCUT2D eigenvalue weighted by Crippen LogP contribution is -2.23. The number of hydrogen-bond donors (Lipinski definition) is 2. The van der Waals surface area contributed by atoms with Crippen molar-refractivity contribution in [2.45, 2.75) is 19.8 Å². The quantitative estimate of drug-likeness (QED) is 0.485. The predicted molar refractivity (Wildman–Crippen MR) is 92.5 cm³/mol. The Labute approximate surface area is 136 Å². The number of ether oxygens (including phenoxy) is 1. The zero-order valence-corrected chi connectivity index (χ0v) is 13.4. The molecule has 0 aromatic heterocycles. The van der Waals surface area contributed by atoms with Gasteiger partial charge in [0, 0.05) is 11.8 Å². The largest absolute Gasteiger partial charge is 0.492 e. The number of anilines is 1. The van der Waals surface area contributed by atoms with Gasteiger partial charge in [0.2, 0.25) is 0 Å². The van der Waals surface area contributed by atoms with Crippen molar-refractivity contribution in [3.05, 3.63) is 59.9 Å². The van der Waals surface area contributed by atoms with Crippen molar-refractivity contribution >= 4 is 11.6 Å². The van der Waals surface area contributed by atoms with Crippen LogP contribution in [0.15, 0.2) is 53.5 Å². The van der Waals surface area contributed by atoms with Gasteiger partial charge in [-0.15, -0.1) is 0 Å². The lowest BCUT2D eigenvalue weighted by atomic mass is 10.0. The minimum atomic E-state index is -0.322. The van der Waals surface area contributed by atoms with Crippen molar-refractivity contribution in [3.63, 3.8) is 0 Å². The molecule has 5 heteroatoms. The first-order chi connectivity index (χ1) is 11.0. The van der Waals surface area contributed by atoms with Gasteiger partial charge >= 0.3 is 0 Å². The summed E-state index contributed by atoms with van der Waals surface area (Å²) < 4.78 is 18.4. The summed E-state index contributed by atoms with van der Waals surface area (Å²) in [5.74, 6) is 0.942. The number of aliphatic imine (C=N–C) groups is 1. The molecule has 0 fully saturated rings. The van der Waals surface area contributed by atoms with E-state index in [1.54, 1.807) is 12.1 Å². The molecule has 0 saturated carbocycles. The molecule has 0 unspecified atom stereocenters. The fourth-order valence-electron chi connectivity index (χ4n) is 2.05. The molecule has 0 atom stereocenters. The highest BCUT2D eigenvalue weighted by Gasteiger charge is 2.01. The van der Waals surface area contributed by atoms with Crippen LogP contribution in [0, 0.1) is 5.82 Å². The Morgan fingerprint density at radius 3 is 2.74 bits per heavy atom. The summed E-state index contributed by atoms with van der Waals surface area (Å²) in [6.45, 7) is 5.00. The highest BCUT2D eigenvalue weighted by Crippen LogP contribution is 2.18. The van der Waals surface area contributed by atoms with Crippen molar-refractivity contribution in [2.75, 3.05) is 18.5 Å². The van der Waals surface area contributed by atoms with Crippen molar-refractivity contribution in [3.8, 4) is 5.75 Å². The van der Waals surface area contributed by atoms with E-state index in [4.69, 9.17) is 10.5 Å². The maximum Gasteiger partial charge on any atom is 0.193 e. The van der Waals surface area contributed by atoms with Crippen LogP contribution >= 0.6 is 0 Å². The Morgan fingerprint density at radius 1 is 1.22 bits per heavy atom. The molecule has 23 heavy (non-hydrogen) atoms. The first-order valence-corrected chi connectivity index (χ1v) is 7.60. The Kier molecular flexibility index (Phi) is 5.97. The Balaban J connectivity index is 1.82. The molecule has 0 spiro atoms. The Hall–Kier alpha value is -2.56. The first-order valence-electron chi connectivity index (χ1n) is 7.60. The number of nitrogens with zero attached hydrogens (tertiary/aromatic N) is 1. The molecule has 3 N–H and O–H groups in total. The molecular formula is C18H22FN3O. The van der Waals surface area contributed by atoms with Crippen molar-refractivity contribution in [2.24, 2.45) is 10.7 Å². The summed E-state index contributed by atoms with van der Waals surface area (Å²) in [6, 6.07) is 14.1. The van der Waals surface area contributed by atoms with Crippen molar-refractivity contribution in [1.82, 2.24) is 0 Å². The van der Waals surface area contributed by atoms with Gasteiger partial charge in [-0.3, -0.25) is 0 Å². The minimum Gasteiger partial charge on any atom is -0.492 e. The lowest BCUT2D eigenvalue weighted by molar-refractivity contribution is 0.327. The molecule has 2 rings (SSSR count). The molecule has 0 saturated heterocycles. The van der Waals surface area contributed by atoms with Crippen LogP contribution in [0.3, 0.4) is 0 Å². The van der Waals surface area contributed by atoms with E-state index in [0.717, 1.165) is 5.69 Å². The van der Waals surface area contributed by atoms with Crippen LogP contribution < -0.4 is 15.8 Å². The Bertz CT molecular complexity index is 671. The lowest BCUT2D eigenvalue weighted by Gasteiger charge is -2.10. The van der Waals surface area contributed by atoms with E-state index in [0.29, 0.717) is 30.8 Å². The van der Waals surface area contributed by atoms with Crippen LogP contribution in [-0.4, -0.2) is 19.1 Å². The average Bonchev–Trinajstić information content (AvgIpc) is 2.52. The zero-order chi connectivity index (χ0) is 16.7. The highest BCUT2D eigenvalue weighted by molar-refractivity contribution is 5.92. The number of rotatable bonds is 6. The number of hydrogen-bond acceptors (Lipinski definition) is 2. The predicted octanol–water partition coefficient (Wildman–Crippen LogP) is 3.75. The van der Waals surface area contributed by atoms with Gasteiger partial charge in [-0.25, -0.2) is 9.38 Å². The number of halogens is 1. The van der Waals surface area contributed by atoms with Crippen molar-refractivity contribution in [1.29, 1.82) is 0 Å². The van der Waals surface area contributed by atoms with Gasteiger partial charge in [0.05, 0.1) is 6.54 Å². The molecular weight excluding hydrogens is 293 g/mol. The summed E-state index contributed by atoms with van der Waals surface area (Å²) >= 11 is 0. The van der Waals surface area contributed by atoms with Crippen LogP contribution in [0.2, 0.25) is 0 Å². The van der Waals surface area contributed by atoms with Gasteiger partial charge in [0.1, 0.15) is 18.2 Å². The summed E-state index contributed by atoms with van der Waals surface area (Å²) in [5, 5.41) is 3.06. The molecule has 0 radical (unpaired) electrons. The second-order valence-corrected chi connectivity index (χ2v) is 5.48. The van der Waals surface area contributed by atoms with E-state index < -0.39 is 0 Å². The second-order valence-electron chi connectivity index (χ2n) is 5.48. The third-order valence-electron chi connectivity index (χ3n) is 3.26. The van der Waals surface area contributed by atoms with E-state index in [2.05, 4.69) is 36.3 Å². The van der Waals surface area contributed by atoms with Crippen molar-refractivity contribution < 1.29 is 9.13 Å². The zero-order valence-electron chi connectivity index (χ0n) is 13.4.